The highest BCUT2D eigenvalue weighted by molar-refractivity contribution is 14.1. The van der Waals surface area contributed by atoms with E-state index in [1.807, 2.05) is 0 Å². The Bertz CT molecular complexity index is 581. The average molecular weight is 366 g/mol. The Kier molecular flexibility index (Phi) is 3.91. The van der Waals surface area contributed by atoms with Gasteiger partial charge in [-0.15, -0.1) is 0 Å². The number of pyridine rings is 1. The summed E-state index contributed by atoms with van der Waals surface area (Å²) >= 11 is 2.36. The van der Waals surface area contributed by atoms with Crippen molar-refractivity contribution in [3.63, 3.8) is 0 Å². The van der Waals surface area contributed by atoms with E-state index in [0.29, 0.717) is 0 Å². The number of aromatic nitrogens is 1. The second-order valence-corrected chi connectivity index (χ2v) is 6.59. The summed E-state index contributed by atoms with van der Waals surface area (Å²) in [6.45, 7) is 4.47. The highest BCUT2D eigenvalue weighted by Gasteiger charge is 2.14. The van der Waals surface area contributed by atoms with Crippen LogP contribution in [0.2, 0.25) is 0 Å². The van der Waals surface area contributed by atoms with Gasteiger partial charge >= 0.3 is 0 Å². The maximum absolute atomic E-state index is 4.68. The third kappa shape index (κ3) is 2.86. The summed E-state index contributed by atoms with van der Waals surface area (Å²) in [6.07, 6.45) is 5.37. The molecule has 0 radical (unpaired) electrons. The van der Waals surface area contributed by atoms with Gasteiger partial charge in [0.05, 0.1) is 5.52 Å². The second kappa shape index (κ2) is 5.65. The molecule has 0 spiro atoms. The van der Waals surface area contributed by atoms with Crippen molar-refractivity contribution < 1.29 is 0 Å². The number of benzene rings is 1. The first-order chi connectivity index (χ1) is 9.24. The molecular formula is C16H19IN2. The molecular weight excluding hydrogens is 347 g/mol. The summed E-state index contributed by atoms with van der Waals surface area (Å²) in [6, 6.07) is 8.84. The molecule has 2 nitrogen and oxygen atoms in total. The number of hydrogen-bond donors (Lipinski definition) is 0. The highest BCUT2D eigenvalue weighted by atomic mass is 127. The van der Waals surface area contributed by atoms with Crippen molar-refractivity contribution in [3.8, 4) is 0 Å². The Morgan fingerprint density at radius 1 is 1.05 bits per heavy atom. The molecule has 1 aliphatic heterocycles. The van der Waals surface area contributed by atoms with Crippen LogP contribution in [0.5, 0.6) is 0 Å². The predicted molar refractivity (Wildman–Crippen MR) is 89.9 cm³/mol. The second-order valence-electron chi connectivity index (χ2n) is 5.35. The van der Waals surface area contributed by atoms with Crippen LogP contribution in [0.25, 0.3) is 10.9 Å². The Hall–Kier alpha value is -0.840. The summed E-state index contributed by atoms with van der Waals surface area (Å²) in [5.41, 5.74) is 3.63. The first-order valence-electron chi connectivity index (χ1n) is 7.06. The molecule has 1 saturated heterocycles. The SMILES string of the molecule is Cc1cc(N2CCCCCC2)c2ccc(I)cc2n1. The molecule has 1 aromatic heterocycles. The number of nitrogens with zero attached hydrogens (tertiary/aromatic N) is 2. The van der Waals surface area contributed by atoms with Gasteiger partial charge in [0.1, 0.15) is 0 Å². The van der Waals surface area contributed by atoms with Gasteiger partial charge in [-0.05, 0) is 66.6 Å². The maximum Gasteiger partial charge on any atom is 0.0736 e. The largest absolute Gasteiger partial charge is 0.371 e. The number of hydrogen-bond acceptors (Lipinski definition) is 2. The minimum atomic E-state index is 1.12. The number of aryl methyl sites for hydroxylation is 1. The molecule has 0 N–H and O–H groups in total. The maximum atomic E-state index is 4.68. The van der Waals surface area contributed by atoms with Gasteiger partial charge in [-0.25, -0.2) is 0 Å². The summed E-state index contributed by atoms with van der Waals surface area (Å²) < 4.78 is 1.25. The lowest BCUT2D eigenvalue weighted by molar-refractivity contribution is 0.726. The van der Waals surface area contributed by atoms with Gasteiger partial charge in [0.25, 0.3) is 0 Å². The van der Waals surface area contributed by atoms with E-state index in [-0.39, 0.29) is 0 Å². The summed E-state index contributed by atoms with van der Waals surface area (Å²) in [5, 5.41) is 1.30. The molecule has 0 aliphatic carbocycles. The van der Waals surface area contributed by atoms with Crippen molar-refractivity contribution in [2.24, 2.45) is 0 Å². The lowest BCUT2D eigenvalue weighted by atomic mass is 10.1. The van der Waals surface area contributed by atoms with E-state index in [1.165, 1.54) is 53.4 Å². The van der Waals surface area contributed by atoms with E-state index in [9.17, 15) is 0 Å². The molecule has 2 aromatic rings. The van der Waals surface area contributed by atoms with Crippen LogP contribution in [0.4, 0.5) is 5.69 Å². The monoisotopic (exact) mass is 366 g/mol. The summed E-state index contributed by atoms with van der Waals surface area (Å²) in [4.78, 5) is 7.24. The minimum absolute atomic E-state index is 1.12. The average Bonchev–Trinajstić information content (AvgIpc) is 2.65. The van der Waals surface area contributed by atoms with E-state index in [4.69, 9.17) is 0 Å². The zero-order chi connectivity index (χ0) is 13.2. The van der Waals surface area contributed by atoms with E-state index in [1.54, 1.807) is 0 Å². The van der Waals surface area contributed by atoms with Crippen LogP contribution in [0, 0.1) is 10.5 Å². The first kappa shape index (κ1) is 13.2. The normalized spacial score (nSPS) is 16.6. The number of fused-ring (bicyclic) bond motifs is 1. The van der Waals surface area contributed by atoms with Crippen molar-refractivity contribution in [1.29, 1.82) is 0 Å². The Morgan fingerprint density at radius 3 is 2.53 bits per heavy atom. The Balaban J connectivity index is 2.10. The third-order valence-electron chi connectivity index (χ3n) is 3.82. The fourth-order valence-electron chi connectivity index (χ4n) is 2.88. The van der Waals surface area contributed by atoms with Gasteiger partial charge in [0, 0.05) is 33.4 Å². The topological polar surface area (TPSA) is 16.1 Å². The standard InChI is InChI=1S/C16H19IN2/c1-12-10-16(19-8-4-2-3-5-9-19)14-7-6-13(17)11-15(14)18-12/h6-7,10-11H,2-5,8-9H2,1H3. The molecule has 2 heterocycles. The molecule has 0 unspecified atom stereocenters. The molecule has 0 bridgehead atoms. The van der Waals surface area contributed by atoms with Crippen LogP contribution in [-0.2, 0) is 0 Å². The summed E-state index contributed by atoms with van der Waals surface area (Å²) in [7, 11) is 0. The zero-order valence-corrected chi connectivity index (χ0v) is 13.5. The van der Waals surface area contributed by atoms with Gasteiger partial charge in [-0.1, -0.05) is 12.8 Å². The molecule has 100 valence electrons. The summed E-state index contributed by atoms with van der Waals surface area (Å²) in [5.74, 6) is 0. The van der Waals surface area contributed by atoms with Crippen molar-refractivity contribution >= 4 is 39.2 Å². The minimum Gasteiger partial charge on any atom is -0.371 e. The molecule has 3 heteroatoms. The van der Waals surface area contributed by atoms with Crippen LogP contribution in [0.3, 0.4) is 0 Å². The van der Waals surface area contributed by atoms with Crippen LogP contribution >= 0.6 is 22.6 Å². The molecule has 1 aromatic carbocycles. The van der Waals surface area contributed by atoms with Gasteiger partial charge in [0.2, 0.25) is 0 Å². The van der Waals surface area contributed by atoms with Gasteiger partial charge in [-0.2, -0.15) is 0 Å². The van der Waals surface area contributed by atoms with Gasteiger partial charge in [-0.3, -0.25) is 4.98 Å². The fraction of sp³-hybridized carbons (Fsp3) is 0.438. The van der Waals surface area contributed by atoms with Gasteiger partial charge < -0.3 is 4.90 Å². The van der Waals surface area contributed by atoms with Crippen LogP contribution < -0.4 is 4.90 Å². The number of anilines is 1. The fourth-order valence-corrected chi connectivity index (χ4v) is 3.36. The lowest BCUT2D eigenvalue weighted by Gasteiger charge is -2.24. The number of rotatable bonds is 1. The van der Waals surface area contributed by atoms with E-state index >= 15 is 0 Å². The molecule has 19 heavy (non-hydrogen) atoms. The Labute approximate surface area is 128 Å². The Morgan fingerprint density at radius 2 is 1.79 bits per heavy atom. The quantitative estimate of drug-likeness (QED) is 0.690. The van der Waals surface area contributed by atoms with Crippen molar-refractivity contribution in [2.45, 2.75) is 32.6 Å². The molecule has 0 saturated carbocycles. The molecule has 0 atom stereocenters. The lowest BCUT2D eigenvalue weighted by Crippen LogP contribution is -2.24. The van der Waals surface area contributed by atoms with Crippen molar-refractivity contribution in [1.82, 2.24) is 4.98 Å². The van der Waals surface area contributed by atoms with E-state index in [0.717, 1.165) is 11.2 Å². The van der Waals surface area contributed by atoms with Gasteiger partial charge in [0.15, 0.2) is 0 Å². The predicted octanol–water partition coefficient (Wildman–Crippen LogP) is 4.53. The highest BCUT2D eigenvalue weighted by Crippen LogP contribution is 2.29. The molecule has 0 amide bonds. The first-order valence-corrected chi connectivity index (χ1v) is 8.14. The van der Waals surface area contributed by atoms with E-state index in [2.05, 4.69) is 63.7 Å². The van der Waals surface area contributed by atoms with Crippen molar-refractivity contribution in [3.05, 3.63) is 33.5 Å². The smallest absolute Gasteiger partial charge is 0.0736 e. The zero-order valence-electron chi connectivity index (χ0n) is 11.3. The van der Waals surface area contributed by atoms with E-state index < -0.39 is 0 Å². The molecule has 3 rings (SSSR count). The van der Waals surface area contributed by atoms with Crippen molar-refractivity contribution in [2.75, 3.05) is 18.0 Å². The van der Waals surface area contributed by atoms with Crippen LogP contribution in [-0.4, -0.2) is 18.1 Å². The molecule has 1 aliphatic rings. The third-order valence-corrected chi connectivity index (χ3v) is 4.50. The molecule has 1 fully saturated rings. The van der Waals surface area contributed by atoms with Crippen LogP contribution in [0.1, 0.15) is 31.4 Å². The number of halogens is 1. The van der Waals surface area contributed by atoms with Crippen LogP contribution in [0.15, 0.2) is 24.3 Å².